The number of rotatable bonds is 4. The predicted molar refractivity (Wildman–Crippen MR) is 52.7 cm³/mol. The molecule has 0 saturated carbocycles. The molecule has 0 spiro atoms. The number of carboxylic acid groups (broad SMARTS) is 1. The van der Waals surface area contributed by atoms with Crippen LogP contribution in [0.3, 0.4) is 0 Å². The highest BCUT2D eigenvalue weighted by atomic mass is 79.9. The molecule has 0 amide bonds. The van der Waals surface area contributed by atoms with Crippen LogP contribution in [0.2, 0.25) is 0 Å². The normalized spacial score (nSPS) is 9.62. The molecule has 0 saturated heterocycles. The molecule has 0 bridgehead atoms. The summed E-state index contributed by atoms with van der Waals surface area (Å²) in [5, 5.41) is 11.3. The molecule has 1 rings (SSSR count). The van der Waals surface area contributed by atoms with E-state index in [4.69, 9.17) is 5.11 Å². The van der Waals surface area contributed by atoms with Crippen molar-refractivity contribution < 1.29 is 9.90 Å². The molecule has 1 aromatic heterocycles. The third kappa shape index (κ3) is 3.89. The second-order valence-corrected chi connectivity index (χ2v) is 3.38. The summed E-state index contributed by atoms with van der Waals surface area (Å²) in [6, 6.07) is 1.84. The number of halogens is 1. The van der Waals surface area contributed by atoms with Gasteiger partial charge < -0.3 is 10.4 Å². The molecule has 0 aliphatic carbocycles. The molecule has 5 heteroatoms. The minimum atomic E-state index is -0.810. The van der Waals surface area contributed by atoms with Gasteiger partial charge >= 0.3 is 5.97 Å². The third-order valence-corrected chi connectivity index (χ3v) is 1.81. The quantitative estimate of drug-likeness (QED) is 0.847. The average molecular weight is 245 g/mol. The molecule has 2 N–H and O–H groups in total. The fourth-order valence-electron chi connectivity index (χ4n) is 0.822. The van der Waals surface area contributed by atoms with E-state index in [0.29, 0.717) is 6.54 Å². The third-order valence-electron chi connectivity index (χ3n) is 1.37. The first-order valence-electron chi connectivity index (χ1n) is 3.74. The standard InChI is InChI=1S/C8H9BrN2O2/c9-6-3-7(5-10-4-6)11-2-1-8(12)13/h3-5,11H,1-2H2,(H,12,13). The Morgan fingerprint density at radius 2 is 2.38 bits per heavy atom. The smallest absolute Gasteiger partial charge is 0.305 e. The Bertz CT molecular complexity index is 304. The molecule has 4 nitrogen and oxygen atoms in total. The first kappa shape index (κ1) is 9.98. The van der Waals surface area contributed by atoms with Crippen LogP contribution < -0.4 is 5.32 Å². The molecule has 0 fully saturated rings. The van der Waals surface area contributed by atoms with Crippen LogP contribution in [0.15, 0.2) is 22.9 Å². The van der Waals surface area contributed by atoms with Crippen LogP contribution in [0.25, 0.3) is 0 Å². The van der Waals surface area contributed by atoms with Crippen LogP contribution in [-0.2, 0) is 4.79 Å². The number of carboxylic acids is 1. The molecule has 70 valence electrons. The number of anilines is 1. The topological polar surface area (TPSA) is 62.2 Å². The Morgan fingerprint density at radius 1 is 1.62 bits per heavy atom. The van der Waals surface area contributed by atoms with Gasteiger partial charge in [-0.25, -0.2) is 0 Å². The summed E-state index contributed by atoms with van der Waals surface area (Å²) in [7, 11) is 0. The summed E-state index contributed by atoms with van der Waals surface area (Å²) < 4.78 is 0.868. The summed E-state index contributed by atoms with van der Waals surface area (Å²) in [5.41, 5.74) is 0.815. The number of hydrogen-bond acceptors (Lipinski definition) is 3. The number of pyridine rings is 1. The van der Waals surface area contributed by atoms with Gasteiger partial charge in [-0.15, -0.1) is 0 Å². The van der Waals surface area contributed by atoms with Crippen LogP contribution in [0, 0.1) is 0 Å². The molecule has 0 aromatic carbocycles. The highest BCUT2D eigenvalue weighted by Crippen LogP contribution is 2.13. The van der Waals surface area contributed by atoms with Crippen molar-refractivity contribution in [3.63, 3.8) is 0 Å². The van der Waals surface area contributed by atoms with E-state index in [2.05, 4.69) is 26.2 Å². The van der Waals surface area contributed by atoms with Crippen molar-refractivity contribution in [1.82, 2.24) is 4.98 Å². The first-order valence-corrected chi connectivity index (χ1v) is 4.54. The Labute approximate surface area is 84.1 Å². The van der Waals surface area contributed by atoms with Gasteiger partial charge in [0.1, 0.15) is 0 Å². The van der Waals surface area contributed by atoms with Crippen molar-refractivity contribution in [1.29, 1.82) is 0 Å². The van der Waals surface area contributed by atoms with E-state index < -0.39 is 5.97 Å². The minimum absolute atomic E-state index is 0.104. The monoisotopic (exact) mass is 244 g/mol. The van der Waals surface area contributed by atoms with Gasteiger partial charge in [-0.05, 0) is 22.0 Å². The maximum Gasteiger partial charge on any atom is 0.305 e. The summed E-state index contributed by atoms with van der Waals surface area (Å²) in [4.78, 5) is 14.1. The lowest BCUT2D eigenvalue weighted by atomic mass is 10.4. The van der Waals surface area contributed by atoms with Gasteiger partial charge in [0, 0.05) is 17.2 Å². The SMILES string of the molecule is O=C(O)CCNc1cncc(Br)c1. The summed E-state index contributed by atoms with van der Waals surface area (Å²) in [6.45, 7) is 0.410. The van der Waals surface area contributed by atoms with Crippen LogP contribution in [0.4, 0.5) is 5.69 Å². The number of nitrogens with one attached hydrogen (secondary N) is 1. The largest absolute Gasteiger partial charge is 0.481 e. The van der Waals surface area contributed by atoms with Gasteiger partial charge in [-0.2, -0.15) is 0 Å². The molecule has 0 unspecified atom stereocenters. The molecule has 0 aliphatic rings. The number of aromatic nitrogens is 1. The molecule has 0 atom stereocenters. The number of nitrogens with zero attached hydrogens (tertiary/aromatic N) is 1. The zero-order valence-electron chi connectivity index (χ0n) is 6.83. The fourth-order valence-corrected chi connectivity index (χ4v) is 1.19. The van der Waals surface area contributed by atoms with Crippen molar-refractivity contribution in [3.05, 3.63) is 22.9 Å². The van der Waals surface area contributed by atoms with Gasteiger partial charge in [-0.3, -0.25) is 9.78 Å². The van der Waals surface area contributed by atoms with Crippen LogP contribution >= 0.6 is 15.9 Å². The second-order valence-electron chi connectivity index (χ2n) is 2.46. The van der Waals surface area contributed by atoms with E-state index in [1.807, 2.05) is 6.07 Å². The molecular formula is C8H9BrN2O2. The predicted octanol–water partition coefficient (Wildman–Crippen LogP) is 1.73. The summed E-state index contributed by atoms with van der Waals surface area (Å²) in [5.74, 6) is -0.810. The zero-order chi connectivity index (χ0) is 9.68. The molecule has 0 radical (unpaired) electrons. The Kier molecular flexibility index (Phi) is 3.70. The Morgan fingerprint density at radius 3 is 3.00 bits per heavy atom. The maximum atomic E-state index is 10.2. The Balaban J connectivity index is 2.41. The number of carbonyl (C=O) groups is 1. The summed E-state index contributed by atoms with van der Waals surface area (Å²) in [6.07, 6.45) is 3.42. The maximum absolute atomic E-state index is 10.2. The van der Waals surface area contributed by atoms with E-state index in [-0.39, 0.29) is 6.42 Å². The van der Waals surface area contributed by atoms with Gasteiger partial charge in [0.15, 0.2) is 0 Å². The van der Waals surface area contributed by atoms with Crippen molar-refractivity contribution in [3.8, 4) is 0 Å². The van der Waals surface area contributed by atoms with Gasteiger partial charge in [0.2, 0.25) is 0 Å². The lowest BCUT2D eigenvalue weighted by Gasteiger charge is -2.03. The number of hydrogen-bond donors (Lipinski definition) is 2. The van der Waals surface area contributed by atoms with E-state index in [9.17, 15) is 4.79 Å². The van der Waals surface area contributed by atoms with Gasteiger partial charge in [0.25, 0.3) is 0 Å². The molecular weight excluding hydrogens is 236 g/mol. The van der Waals surface area contributed by atoms with Crippen molar-refractivity contribution in [2.24, 2.45) is 0 Å². The number of aliphatic carboxylic acids is 1. The van der Waals surface area contributed by atoms with E-state index in [0.717, 1.165) is 10.2 Å². The van der Waals surface area contributed by atoms with Gasteiger partial charge in [-0.1, -0.05) is 0 Å². The minimum Gasteiger partial charge on any atom is -0.481 e. The Hall–Kier alpha value is -1.10. The molecule has 1 aromatic rings. The van der Waals surface area contributed by atoms with E-state index in [1.165, 1.54) is 0 Å². The molecule has 0 aliphatic heterocycles. The van der Waals surface area contributed by atoms with E-state index >= 15 is 0 Å². The summed E-state index contributed by atoms with van der Waals surface area (Å²) >= 11 is 3.26. The zero-order valence-corrected chi connectivity index (χ0v) is 8.41. The fraction of sp³-hybridized carbons (Fsp3) is 0.250. The lowest BCUT2D eigenvalue weighted by Crippen LogP contribution is -2.07. The van der Waals surface area contributed by atoms with Crippen molar-refractivity contribution >= 4 is 27.6 Å². The lowest BCUT2D eigenvalue weighted by molar-refractivity contribution is -0.136. The van der Waals surface area contributed by atoms with Crippen LogP contribution in [0.1, 0.15) is 6.42 Å². The van der Waals surface area contributed by atoms with Crippen molar-refractivity contribution in [2.75, 3.05) is 11.9 Å². The van der Waals surface area contributed by atoms with Crippen molar-refractivity contribution in [2.45, 2.75) is 6.42 Å². The van der Waals surface area contributed by atoms with Crippen LogP contribution in [-0.4, -0.2) is 22.6 Å². The molecule has 13 heavy (non-hydrogen) atoms. The van der Waals surface area contributed by atoms with Gasteiger partial charge in [0.05, 0.1) is 18.3 Å². The first-order chi connectivity index (χ1) is 6.18. The highest BCUT2D eigenvalue weighted by molar-refractivity contribution is 9.10. The van der Waals surface area contributed by atoms with Crippen LogP contribution in [0.5, 0.6) is 0 Å². The van der Waals surface area contributed by atoms with E-state index in [1.54, 1.807) is 12.4 Å². The second kappa shape index (κ2) is 4.81. The average Bonchev–Trinajstić information content (AvgIpc) is 2.03. The highest BCUT2D eigenvalue weighted by Gasteiger charge is 1.97. The molecule has 1 heterocycles.